The van der Waals surface area contributed by atoms with E-state index in [1.54, 1.807) is 11.3 Å². The lowest BCUT2D eigenvalue weighted by molar-refractivity contribution is -0.113. The topological polar surface area (TPSA) is 80.9 Å². The molecule has 1 amide bonds. The molecule has 0 saturated carbocycles. The summed E-state index contributed by atoms with van der Waals surface area (Å²) < 4.78 is 8.47. The van der Waals surface area contributed by atoms with Crippen LogP contribution in [0.5, 0.6) is 0 Å². The summed E-state index contributed by atoms with van der Waals surface area (Å²) in [6.07, 6.45) is 0.511. The average molecular weight is 461 g/mol. The molecule has 4 aromatic rings. The first-order valence-electron chi connectivity index (χ1n) is 8.01. The molecule has 1 N–H and O–H groups in total. The number of amides is 1. The lowest BCUT2D eigenvalue weighted by atomic mass is 10.2. The van der Waals surface area contributed by atoms with E-state index in [4.69, 9.17) is 4.42 Å². The Labute approximate surface area is 171 Å². The highest BCUT2D eigenvalue weighted by atomic mass is 79.9. The molecule has 0 unspecified atom stereocenters. The number of fused-ring (bicyclic) bond motifs is 1. The smallest absolute Gasteiger partial charge is 0.322 e. The van der Waals surface area contributed by atoms with Crippen molar-refractivity contribution in [1.29, 1.82) is 0 Å². The van der Waals surface area contributed by atoms with Crippen LogP contribution >= 0.6 is 39.0 Å². The van der Waals surface area contributed by atoms with E-state index in [2.05, 4.69) is 36.4 Å². The molecule has 0 radical (unpaired) electrons. The summed E-state index contributed by atoms with van der Waals surface area (Å²) in [5.74, 6) is 0.467. The average Bonchev–Trinajstić information content (AvgIpc) is 3.28. The van der Waals surface area contributed by atoms with Crippen LogP contribution in [0.25, 0.3) is 10.2 Å². The molecule has 2 heterocycles. The maximum Gasteiger partial charge on any atom is 0.322 e. The molecule has 6 nitrogen and oxygen atoms in total. The van der Waals surface area contributed by atoms with Crippen LogP contribution < -0.4 is 5.32 Å². The number of hydrogen-bond acceptors (Lipinski definition) is 7. The van der Waals surface area contributed by atoms with E-state index in [1.165, 1.54) is 11.8 Å². The molecule has 0 bridgehead atoms. The number of nitrogens with one attached hydrogen (secondary N) is 1. The molecule has 0 fully saturated rings. The maximum absolute atomic E-state index is 12.1. The van der Waals surface area contributed by atoms with Gasteiger partial charge < -0.3 is 4.42 Å². The Morgan fingerprint density at radius 2 is 1.96 bits per heavy atom. The van der Waals surface area contributed by atoms with Gasteiger partial charge in [0.15, 0.2) is 4.34 Å². The quantitative estimate of drug-likeness (QED) is 0.417. The molecule has 0 saturated heterocycles. The predicted octanol–water partition coefficient (Wildman–Crippen LogP) is 4.76. The van der Waals surface area contributed by atoms with Crippen LogP contribution in [0.4, 0.5) is 6.01 Å². The first-order valence-corrected chi connectivity index (χ1v) is 10.6. The Bertz CT molecular complexity index is 1050. The molecule has 0 aliphatic carbocycles. The molecule has 9 heteroatoms. The van der Waals surface area contributed by atoms with Gasteiger partial charge in [-0.05, 0) is 29.8 Å². The number of thioether (sulfide) groups is 1. The maximum atomic E-state index is 12.1. The van der Waals surface area contributed by atoms with Crippen molar-refractivity contribution in [3.63, 3.8) is 0 Å². The number of halogens is 1. The highest BCUT2D eigenvalue weighted by molar-refractivity contribution is 9.10. The Morgan fingerprint density at radius 3 is 2.78 bits per heavy atom. The van der Waals surface area contributed by atoms with Gasteiger partial charge in [0.25, 0.3) is 0 Å². The van der Waals surface area contributed by atoms with Crippen LogP contribution in [0.1, 0.15) is 11.5 Å². The molecular weight excluding hydrogens is 448 g/mol. The predicted molar refractivity (Wildman–Crippen MR) is 110 cm³/mol. The number of anilines is 1. The zero-order valence-corrected chi connectivity index (χ0v) is 17.1. The van der Waals surface area contributed by atoms with Gasteiger partial charge in [0.05, 0.1) is 22.4 Å². The number of para-hydroxylation sites is 1. The lowest BCUT2D eigenvalue weighted by Crippen LogP contribution is -2.14. The molecule has 4 rings (SSSR count). The summed E-state index contributed by atoms with van der Waals surface area (Å²) in [7, 11) is 0. The van der Waals surface area contributed by atoms with Crippen LogP contribution in [0.3, 0.4) is 0 Å². The SMILES string of the molecule is O=C(CSc1nc2ccccc2s1)Nc1nnc(Cc2ccc(Br)cc2)o1. The van der Waals surface area contributed by atoms with Crippen molar-refractivity contribution < 1.29 is 9.21 Å². The van der Waals surface area contributed by atoms with Gasteiger partial charge in [-0.15, -0.1) is 16.4 Å². The second-order valence-electron chi connectivity index (χ2n) is 5.59. The van der Waals surface area contributed by atoms with Gasteiger partial charge >= 0.3 is 6.01 Å². The molecule has 27 heavy (non-hydrogen) atoms. The fraction of sp³-hybridized carbons (Fsp3) is 0.111. The van der Waals surface area contributed by atoms with E-state index < -0.39 is 0 Å². The van der Waals surface area contributed by atoms with Gasteiger partial charge in [-0.2, -0.15) is 0 Å². The summed E-state index contributed by atoms with van der Waals surface area (Å²) in [6, 6.07) is 15.9. The largest absolute Gasteiger partial charge is 0.407 e. The molecule has 2 aromatic heterocycles. The van der Waals surface area contributed by atoms with E-state index in [-0.39, 0.29) is 17.7 Å². The first kappa shape index (κ1) is 18.1. The summed E-state index contributed by atoms with van der Waals surface area (Å²) in [5.41, 5.74) is 1.99. The molecular formula is C18H13BrN4O2S2. The highest BCUT2D eigenvalue weighted by Gasteiger charge is 2.12. The summed E-state index contributed by atoms with van der Waals surface area (Å²) in [6.45, 7) is 0. The van der Waals surface area contributed by atoms with E-state index in [0.29, 0.717) is 12.3 Å². The number of nitrogens with zero attached hydrogens (tertiary/aromatic N) is 3. The third kappa shape index (κ3) is 4.74. The fourth-order valence-electron chi connectivity index (χ4n) is 2.35. The van der Waals surface area contributed by atoms with Crippen molar-refractivity contribution in [2.45, 2.75) is 10.8 Å². The van der Waals surface area contributed by atoms with E-state index in [1.807, 2.05) is 48.5 Å². The summed E-state index contributed by atoms with van der Waals surface area (Å²) in [5, 5.41) is 10.5. The second kappa shape index (κ2) is 8.20. The normalized spacial score (nSPS) is 11.0. The minimum Gasteiger partial charge on any atom is -0.407 e. The molecule has 0 aliphatic rings. The number of benzene rings is 2. The third-order valence-corrected chi connectivity index (χ3v) is 6.29. The molecule has 136 valence electrons. The van der Waals surface area contributed by atoms with Crippen molar-refractivity contribution >= 4 is 61.2 Å². The molecule has 0 spiro atoms. The minimum absolute atomic E-state index is 0.108. The number of carbonyl (C=O) groups is 1. The van der Waals surface area contributed by atoms with Crippen LogP contribution in [0.2, 0.25) is 0 Å². The Kier molecular flexibility index (Phi) is 5.51. The monoisotopic (exact) mass is 460 g/mol. The zero-order chi connectivity index (χ0) is 18.6. The van der Waals surface area contributed by atoms with Gasteiger partial charge in [0, 0.05) is 4.47 Å². The van der Waals surface area contributed by atoms with Gasteiger partial charge in [0.2, 0.25) is 11.8 Å². The van der Waals surface area contributed by atoms with Crippen molar-refractivity contribution in [3.05, 3.63) is 64.5 Å². The lowest BCUT2D eigenvalue weighted by Gasteiger charge is -1.99. The minimum atomic E-state index is -0.210. The number of thiazole rings is 1. The Morgan fingerprint density at radius 1 is 1.15 bits per heavy atom. The van der Waals surface area contributed by atoms with Gasteiger partial charge in [-0.1, -0.05) is 57.1 Å². The van der Waals surface area contributed by atoms with Gasteiger partial charge in [0.1, 0.15) is 0 Å². The Balaban J connectivity index is 1.31. The summed E-state index contributed by atoms with van der Waals surface area (Å²) in [4.78, 5) is 16.6. The number of rotatable bonds is 6. The highest BCUT2D eigenvalue weighted by Crippen LogP contribution is 2.29. The molecule has 0 aliphatic heterocycles. The number of hydrogen-bond donors (Lipinski definition) is 1. The standard InChI is InChI=1S/C18H13BrN4O2S2/c19-12-7-5-11(6-8-12)9-16-22-23-17(25-16)21-15(24)10-26-18-20-13-3-1-2-4-14(13)27-18/h1-8H,9-10H2,(H,21,23,24). The van der Waals surface area contributed by atoms with E-state index in [0.717, 1.165) is 24.6 Å². The third-order valence-electron chi connectivity index (χ3n) is 3.58. The molecule has 0 atom stereocenters. The van der Waals surface area contributed by atoms with Crippen LogP contribution in [0.15, 0.2) is 61.8 Å². The van der Waals surface area contributed by atoms with Crippen LogP contribution in [-0.2, 0) is 11.2 Å². The van der Waals surface area contributed by atoms with Crippen molar-refractivity contribution in [1.82, 2.24) is 15.2 Å². The van der Waals surface area contributed by atoms with Gasteiger partial charge in [-0.25, -0.2) is 4.98 Å². The van der Waals surface area contributed by atoms with Gasteiger partial charge in [-0.3, -0.25) is 10.1 Å². The Hall–Kier alpha value is -2.23. The van der Waals surface area contributed by atoms with Crippen LogP contribution in [0, 0.1) is 0 Å². The molecule has 2 aromatic carbocycles. The first-order chi connectivity index (χ1) is 13.2. The van der Waals surface area contributed by atoms with Crippen LogP contribution in [-0.4, -0.2) is 26.8 Å². The number of aromatic nitrogens is 3. The number of carbonyl (C=O) groups excluding carboxylic acids is 1. The van der Waals surface area contributed by atoms with Crippen molar-refractivity contribution in [2.24, 2.45) is 0 Å². The zero-order valence-electron chi connectivity index (χ0n) is 13.9. The van der Waals surface area contributed by atoms with Crippen molar-refractivity contribution in [3.8, 4) is 0 Å². The van der Waals surface area contributed by atoms with Crippen molar-refractivity contribution in [2.75, 3.05) is 11.1 Å². The summed E-state index contributed by atoms with van der Waals surface area (Å²) >= 11 is 6.35. The second-order valence-corrected chi connectivity index (χ2v) is 8.76. The van der Waals surface area contributed by atoms with E-state index >= 15 is 0 Å². The van der Waals surface area contributed by atoms with E-state index in [9.17, 15) is 4.79 Å². The fourth-order valence-corrected chi connectivity index (χ4v) is 4.48.